The highest BCUT2D eigenvalue weighted by atomic mass is 31.2. The maximum Gasteiger partial charge on any atom is 0.272 e. The second-order valence-corrected chi connectivity index (χ2v) is 6.48. The van der Waals surface area contributed by atoms with Gasteiger partial charge in [0.15, 0.2) is 0 Å². The van der Waals surface area contributed by atoms with Gasteiger partial charge in [-0.25, -0.2) is 5.09 Å². The van der Waals surface area contributed by atoms with Gasteiger partial charge in [-0.3, -0.25) is 4.57 Å². The summed E-state index contributed by atoms with van der Waals surface area (Å²) in [5.74, 6) is 0. The Morgan fingerprint density at radius 1 is 1.15 bits per heavy atom. The Kier molecular flexibility index (Phi) is 3.07. The molecule has 0 amide bonds. The maximum absolute atomic E-state index is 12.3. The Morgan fingerprint density at radius 3 is 2.54 bits per heavy atom. The first kappa shape index (κ1) is 9.70. The molecule has 0 aromatic rings. The molecule has 1 atom stereocenters. The minimum absolute atomic E-state index is 0.307. The van der Waals surface area contributed by atoms with Crippen molar-refractivity contribution in [1.82, 2.24) is 5.09 Å². The van der Waals surface area contributed by atoms with Gasteiger partial charge >= 0.3 is 0 Å². The van der Waals surface area contributed by atoms with Crippen molar-refractivity contribution in [2.24, 2.45) is 0 Å². The lowest BCUT2D eigenvalue weighted by atomic mass is 10.0. The molecule has 2 fully saturated rings. The summed E-state index contributed by atoms with van der Waals surface area (Å²) in [6, 6.07) is 0. The predicted molar refractivity (Wildman–Crippen MR) is 53.1 cm³/mol. The van der Waals surface area contributed by atoms with E-state index in [-0.39, 0.29) is 0 Å². The zero-order valence-electron chi connectivity index (χ0n) is 8.00. The lowest BCUT2D eigenvalue weighted by Gasteiger charge is -2.33. The van der Waals surface area contributed by atoms with Crippen molar-refractivity contribution in [2.75, 3.05) is 13.2 Å². The van der Waals surface area contributed by atoms with Gasteiger partial charge in [0.2, 0.25) is 0 Å². The molecule has 0 bridgehead atoms. The van der Waals surface area contributed by atoms with Crippen molar-refractivity contribution in [2.45, 2.75) is 44.2 Å². The number of hydrogen-bond donors (Lipinski definition) is 1. The van der Waals surface area contributed by atoms with Crippen LogP contribution in [-0.4, -0.2) is 18.8 Å². The van der Waals surface area contributed by atoms with E-state index >= 15 is 0 Å². The average molecular weight is 203 g/mol. The molecule has 0 spiro atoms. The van der Waals surface area contributed by atoms with E-state index in [0.717, 1.165) is 25.8 Å². The second-order valence-electron chi connectivity index (χ2n) is 3.98. The summed E-state index contributed by atoms with van der Waals surface area (Å²) in [6.07, 6.45) is 6.92. The zero-order valence-corrected chi connectivity index (χ0v) is 8.89. The fourth-order valence-corrected chi connectivity index (χ4v) is 4.68. The Morgan fingerprint density at radius 2 is 1.92 bits per heavy atom. The summed E-state index contributed by atoms with van der Waals surface area (Å²) in [4.78, 5) is 0. The lowest BCUT2D eigenvalue weighted by molar-refractivity contribution is 0.263. The predicted octanol–water partition coefficient (Wildman–Crippen LogP) is 2.52. The molecule has 2 rings (SSSR count). The van der Waals surface area contributed by atoms with Crippen LogP contribution in [0.5, 0.6) is 0 Å². The van der Waals surface area contributed by atoms with Gasteiger partial charge in [0.1, 0.15) is 0 Å². The Bertz CT molecular complexity index is 204. The van der Waals surface area contributed by atoms with Crippen LogP contribution in [-0.2, 0) is 9.09 Å². The molecule has 76 valence electrons. The number of rotatable bonds is 1. The van der Waals surface area contributed by atoms with Crippen molar-refractivity contribution in [3.05, 3.63) is 0 Å². The van der Waals surface area contributed by atoms with E-state index in [1.54, 1.807) is 0 Å². The number of hydrogen-bond acceptors (Lipinski definition) is 2. The van der Waals surface area contributed by atoms with Crippen LogP contribution in [0.25, 0.3) is 0 Å². The minimum Gasteiger partial charge on any atom is -0.317 e. The van der Waals surface area contributed by atoms with E-state index in [1.165, 1.54) is 19.3 Å². The molecule has 2 aliphatic rings. The molecule has 1 unspecified atom stereocenters. The smallest absolute Gasteiger partial charge is 0.272 e. The molecule has 1 aliphatic heterocycles. The molecule has 1 saturated carbocycles. The molecule has 3 nitrogen and oxygen atoms in total. The van der Waals surface area contributed by atoms with Crippen LogP contribution < -0.4 is 5.09 Å². The van der Waals surface area contributed by atoms with E-state index < -0.39 is 7.52 Å². The highest BCUT2D eigenvalue weighted by Crippen LogP contribution is 2.54. The molecule has 4 heteroatoms. The van der Waals surface area contributed by atoms with E-state index in [1.807, 2.05) is 0 Å². The molecule has 0 radical (unpaired) electrons. The molecule has 13 heavy (non-hydrogen) atoms. The van der Waals surface area contributed by atoms with Gasteiger partial charge < -0.3 is 4.52 Å². The van der Waals surface area contributed by atoms with Crippen LogP contribution in [0.15, 0.2) is 0 Å². The first-order valence-corrected chi connectivity index (χ1v) is 7.00. The van der Waals surface area contributed by atoms with Crippen LogP contribution in [0.1, 0.15) is 38.5 Å². The Balaban J connectivity index is 1.99. The van der Waals surface area contributed by atoms with Gasteiger partial charge in [-0.05, 0) is 19.3 Å². The molecule has 1 N–H and O–H groups in total. The largest absolute Gasteiger partial charge is 0.317 e. The van der Waals surface area contributed by atoms with E-state index in [9.17, 15) is 4.57 Å². The normalized spacial score (nSPS) is 37.5. The van der Waals surface area contributed by atoms with E-state index in [0.29, 0.717) is 12.3 Å². The second kappa shape index (κ2) is 4.12. The fourth-order valence-electron chi connectivity index (χ4n) is 2.21. The fraction of sp³-hybridized carbons (Fsp3) is 1.00. The first-order valence-electron chi connectivity index (χ1n) is 5.31. The summed E-state index contributed by atoms with van der Waals surface area (Å²) in [6.45, 7) is 1.55. The average Bonchev–Trinajstić information content (AvgIpc) is 2.20. The number of nitrogens with one attached hydrogen (secondary N) is 1. The van der Waals surface area contributed by atoms with Crippen molar-refractivity contribution < 1.29 is 9.09 Å². The maximum atomic E-state index is 12.3. The molecule has 1 saturated heterocycles. The van der Waals surface area contributed by atoms with Gasteiger partial charge in [0.25, 0.3) is 7.52 Å². The molecular formula is C9H18NO2P. The van der Waals surface area contributed by atoms with Gasteiger partial charge in [-0.2, -0.15) is 0 Å². The summed E-state index contributed by atoms with van der Waals surface area (Å²) in [5.41, 5.74) is 0.307. The van der Waals surface area contributed by atoms with Crippen LogP contribution in [0.4, 0.5) is 0 Å². The molecule has 1 heterocycles. The molecule has 1 aliphatic carbocycles. The third kappa shape index (κ3) is 2.15. The summed E-state index contributed by atoms with van der Waals surface area (Å²) in [7, 11) is -2.44. The molecule has 0 aromatic heterocycles. The molecular weight excluding hydrogens is 185 g/mol. The van der Waals surface area contributed by atoms with E-state index in [4.69, 9.17) is 4.52 Å². The van der Waals surface area contributed by atoms with Crippen LogP contribution >= 0.6 is 7.52 Å². The lowest BCUT2D eigenvalue weighted by Crippen LogP contribution is -2.29. The highest BCUT2D eigenvalue weighted by molar-refractivity contribution is 7.57. The SMILES string of the molecule is O=P1(C2CCCCC2)NCCCO1. The van der Waals surface area contributed by atoms with Gasteiger partial charge in [0.05, 0.1) is 6.61 Å². The standard InChI is InChI=1S/C9H18NO2P/c11-13(10-7-4-8-12-13)9-5-2-1-3-6-9/h9H,1-8H2,(H,10,11). The van der Waals surface area contributed by atoms with Crippen molar-refractivity contribution in [3.63, 3.8) is 0 Å². The van der Waals surface area contributed by atoms with Crippen molar-refractivity contribution in [1.29, 1.82) is 0 Å². The summed E-state index contributed by atoms with van der Waals surface area (Å²) in [5, 5.41) is 3.10. The highest BCUT2D eigenvalue weighted by Gasteiger charge is 2.36. The third-order valence-corrected chi connectivity index (χ3v) is 5.70. The van der Waals surface area contributed by atoms with E-state index in [2.05, 4.69) is 5.09 Å². The van der Waals surface area contributed by atoms with Crippen molar-refractivity contribution >= 4 is 7.52 Å². The van der Waals surface area contributed by atoms with Crippen molar-refractivity contribution in [3.8, 4) is 0 Å². The quantitative estimate of drug-likeness (QED) is 0.665. The first-order chi connectivity index (χ1) is 6.31. The van der Waals surface area contributed by atoms with Gasteiger partial charge in [-0.15, -0.1) is 0 Å². The van der Waals surface area contributed by atoms with Gasteiger partial charge in [0, 0.05) is 12.2 Å². The Labute approximate surface area is 79.7 Å². The molecule has 0 aromatic carbocycles. The minimum atomic E-state index is -2.44. The van der Waals surface area contributed by atoms with Crippen LogP contribution in [0, 0.1) is 0 Å². The summed E-state index contributed by atoms with van der Waals surface area (Å²) >= 11 is 0. The summed E-state index contributed by atoms with van der Waals surface area (Å²) < 4.78 is 17.7. The zero-order chi connectivity index (χ0) is 9.15. The topological polar surface area (TPSA) is 38.3 Å². The monoisotopic (exact) mass is 203 g/mol. The van der Waals surface area contributed by atoms with Gasteiger partial charge in [-0.1, -0.05) is 19.3 Å². The Hall–Kier alpha value is 0.150. The van der Waals surface area contributed by atoms with Crippen LogP contribution in [0.2, 0.25) is 0 Å². The third-order valence-electron chi connectivity index (χ3n) is 2.99. The van der Waals surface area contributed by atoms with Crippen LogP contribution in [0.3, 0.4) is 0 Å².